The molecule has 1 saturated heterocycles. The van der Waals surface area contributed by atoms with Crippen LogP contribution < -0.4 is 5.73 Å². The number of amides is 1. The topological polar surface area (TPSA) is 88.1 Å². The van der Waals surface area contributed by atoms with Crippen molar-refractivity contribution in [3.8, 4) is 0 Å². The van der Waals surface area contributed by atoms with Crippen LogP contribution in [0.25, 0.3) is 0 Å². The molecule has 1 aliphatic rings. The molecule has 1 rings (SSSR count). The summed E-state index contributed by atoms with van der Waals surface area (Å²) < 4.78 is 5.44. The predicted octanol–water partition coefficient (Wildman–Crippen LogP) is 0.396. The predicted molar refractivity (Wildman–Crippen MR) is 63.8 cm³/mol. The summed E-state index contributed by atoms with van der Waals surface area (Å²) in [6.45, 7) is 5.34. The number of amidine groups is 1. The van der Waals surface area contributed by atoms with E-state index in [0.29, 0.717) is 13.2 Å². The van der Waals surface area contributed by atoms with Gasteiger partial charge < -0.3 is 20.6 Å². The van der Waals surface area contributed by atoms with Gasteiger partial charge in [0.05, 0.1) is 6.54 Å². The monoisotopic (exact) mass is 243 g/mol. The zero-order chi connectivity index (χ0) is 12.8. The number of oxime groups is 1. The zero-order valence-electron chi connectivity index (χ0n) is 10.4. The average Bonchev–Trinajstić information content (AvgIpc) is 2.73. The molecule has 0 aromatic rings. The Kier molecular flexibility index (Phi) is 5.21. The lowest BCUT2D eigenvalue weighted by atomic mass is 10.0. The molecule has 1 fully saturated rings. The summed E-state index contributed by atoms with van der Waals surface area (Å²) in [4.78, 5) is 13.8. The van der Waals surface area contributed by atoms with E-state index < -0.39 is 0 Å². The molecule has 3 N–H and O–H groups in total. The molecule has 6 heteroatoms. The highest BCUT2D eigenvalue weighted by molar-refractivity contribution is 5.88. The highest BCUT2D eigenvalue weighted by Gasteiger charge is 2.33. The van der Waals surface area contributed by atoms with Crippen LogP contribution in [0, 0.1) is 5.92 Å². The van der Waals surface area contributed by atoms with Crippen molar-refractivity contribution in [3.05, 3.63) is 0 Å². The fourth-order valence-corrected chi connectivity index (χ4v) is 1.96. The van der Waals surface area contributed by atoms with Gasteiger partial charge in [0.1, 0.15) is 6.10 Å². The fraction of sp³-hybridized carbons (Fsp3) is 0.818. The Morgan fingerprint density at radius 3 is 2.82 bits per heavy atom. The summed E-state index contributed by atoms with van der Waals surface area (Å²) in [6.07, 6.45) is 1.35. The lowest BCUT2D eigenvalue weighted by molar-refractivity contribution is -0.141. The average molecular weight is 243 g/mol. The van der Waals surface area contributed by atoms with E-state index in [1.165, 1.54) is 0 Å². The fourth-order valence-electron chi connectivity index (χ4n) is 1.96. The SMILES string of the molecule is CCCN(CC(N)=NO)C(=O)C1OCCC1C. The third-order valence-electron chi connectivity index (χ3n) is 2.92. The minimum absolute atomic E-state index is 0.0393. The standard InChI is InChI=1S/C11H21N3O3/c1-3-5-14(7-9(12)13-16)11(15)10-8(2)4-6-17-10/h8,10,16H,3-7H2,1-2H3,(H2,12,13). The molecular weight excluding hydrogens is 222 g/mol. The largest absolute Gasteiger partial charge is 0.409 e. The van der Waals surface area contributed by atoms with Gasteiger partial charge in [-0.15, -0.1) is 0 Å². The lowest BCUT2D eigenvalue weighted by Crippen LogP contribution is -2.45. The Labute approximate surface area is 101 Å². The quantitative estimate of drug-likeness (QED) is 0.316. The van der Waals surface area contributed by atoms with Gasteiger partial charge in [0.15, 0.2) is 5.84 Å². The Morgan fingerprint density at radius 1 is 1.65 bits per heavy atom. The highest BCUT2D eigenvalue weighted by atomic mass is 16.5. The van der Waals surface area contributed by atoms with E-state index >= 15 is 0 Å². The van der Waals surface area contributed by atoms with Crippen LogP contribution in [0.5, 0.6) is 0 Å². The maximum Gasteiger partial charge on any atom is 0.252 e. The van der Waals surface area contributed by atoms with Gasteiger partial charge in [0.25, 0.3) is 5.91 Å². The van der Waals surface area contributed by atoms with Crippen LogP contribution in [0.3, 0.4) is 0 Å². The minimum Gasteiger partial charge on any atom is -0.409 e. The van der Waals surface area contributed by atoms with Crippen molar-refractivity contribution in [1.29, 1.82) is 0 Å². The Balaban J connectivity index is 2.65. The van der Waals surface area contributed by atoms with Gasteiger partial charge in [-0.2, -0.15) is 0 Å². The smallest absolute Gasteiger partial charge is 0.252 e. The van der Waals surface area contributed by atoms with E-state index in [9.17, 15) is 4.79 Å². The third kappa shape index (κ3) is 3.59. The Hall–Kier alpha value is -1.30. The summed E-state index contributed by atoms with van der Waals surface area (Å²) in [5.74, 6) is 0.204. The molecule has 0 aromatic heterocycles. The molecule has 1 amide bonds. The molecule has 0 radical (unpaired) electrons. The number of hydrogen-bond donors (Lipinski definition) is 2. The molecule has 98 valence electrons. The normalized spacial score (nSPS) is 24.9. The highest BCUT2D eigenvalue weighted by Crippen LogP contribution is 2.21. The van der Waals surface area contributed by atoms with Crippen LogP contribution in [-0.4, -0.2) is 47.7 Å². The molecule has 17 heavy (non-hydrogen) atoms. The Bertz CT molecular complexity index is 294. The van der Waals surface area contributed by atoms with Gasteiger partial charge in [0, 0.05) is 13.2 Å². The van der Waals surface area contributed by atoms with E-state index in [-0.39, 0.29) is 30.3 Å². The van der Waals surface area contributed by atoms with Crippen LogP contribution in [-0.2, 0) is 9.53 Å². The second kappa shape index (κ2) is 6.44. The van der Waals surface area contributed by atoms with Crippen LogP contribution >= 0.6 is 0 Å². The van der Waals surface area contributed by atoms with Gasteiger partial charge in [-0.05, 0) is 18.8 Å². The van der Waals surface area contributed by atoms with Crippen molar-refractivity contribution >= 4 is 11.7 Å². The van der Waals surface area contributed by atoms with Crippen molar-refractivity contribution in [2.75, 3.05) is 19.7 Å². The van der Waals surface area contributed by atoms with Gasteiger partial charge in [-0.25, -0.2) is 0 Å². The number of carbonyl (C=O) groups excluding carboxylic acids is 1. The number of carbonyl (C=O) groups is 1. The number of nitrogens with zero attached hydrogens (tertiary/aromatic N) is 2. The molecule has 1 aliphatic heterocycles. The zero-order valence-corrected chi connectivity index (χ0v) is 10.4. The van der Waals surface area contributed by atoms with Crippen LogP contribution in [0.4, 0.5) is 0 Å². The summed E-state index contributed by atoms with van der Waals surface area (Å²) in [7, 11) is 0. The summed E-state index contributed by atoms with van der Waals surface area (Å²) in [5, 5.41) is 11.4. The van der Waals surface area contributed by atoms with Crippen molar-refractivity contribution in [2.24, 2.45) is 16.8 Å². The van der Waals surface area contributed by atoms with Crippen molar-refractivity contribution in [1.82, 2.24) is 4.90 Å². The van der Waals surface area contributed by atoms with Crippen molar-refractivity contribution in [3.63, 3.8) is 0 Å². The van der Waals surface area contributed by atoms with Crippen molar-refractivity contribution in [2.45, 2.75) is 32.8 Å². The van der Waals surface area contributed by atoms with Gasteiger partial charge in [-0.1, -0.05) is 19.0 Å². The second-order valence-electron chi connectivity index (χ2n) is 4.41. The van der Waals surface area contributed by atoms with E-state index in [1.54, 1.807) is 4.90 Å². The maximum atomic E-state index is 12.2. The van der Waals surface area contributed by atoms with E-state index in [4.69, 9.17) is 15.7 Å². The minimum atomic E-state index is -0.381. The third-order valence-corrected chi connectivity index (χ3v) is 2.92. The number of nitrogens with two attached hydrogens (primary N) is 1. The van der Waals surface area contributed by atoms with E-state index in [0.717, 1.165) is 12.8 Å². The van der Waals surface area contributed by atoms with Crippen LogP contribution in [0.2, 0.25) is 0 Å². The number of rotatable bonds is 5. The van der Waals surface area contributed by atoms with E-state index in [2.05, 4.69) is 5.16 Å². The number of hydrogen-bond acceptors (Lipinski definition) is 4. The molecule has 0 aromatic carbocycles. The second-order valence-corrected chi connectivity index (χ2v) is 4.41. The first-order valence-corrected chi connectivity index (χ1v) is 5.97. The summed E-state index contributed by atoms with van der Waals surface area (Å²) >= 11 is 0. The molecule has 2 unspecified atom stereocenters. The molecule has 0 spiro atoms. The van der Waals surface area contributed by atoms with Gasteiger partial charge in [-0.3, -0.25) is 4.79 Å². The molecule has 0 bridgehead atoms. The Morgan fingerprint density at radius 2 is 2.35 bits per heavy atom. The first-order chi connectivity index (χ1) is 8.10. The maximum absolute atomic E-state index is 12.2. The lowest BCUT2D eigenvalue weighted by Gasteiger charge is -2.25. The molecule has 1 heterocycles. The first-order valence-electron chi connectivity index (χ1n) is 5.97. The first kappa shape index (κ1) is 13.8. The van der Waals surface area contributed by atoms with Crippen LogP contribution in [0.15, 0.2) is 5.16 Å². The van der Waals surface area contributed by atoms with Gasteiger partial charge >= 0.3 is 0 Å². The summed E-state index contributed by atoms with van der Waals surface area (Å²) in [5.41, 5.74) is 5.44. The molecular formula is C11H21N3O3. The molecule has 6 nitrogen and oxygen atoms in total. The molecule has 2 atom stereocenters. The van der Waals surface area contributed by atoms with Crippen molar-refractivity contribution < 1.29 is 14.7 Å². The van der Waals surface area contributed by atoms with Crippen LogP contribution in [0.1, 0.15) is 26.7 Å². The number of ether oxygens (including phenoxy) is 1. The molecule has 0 saturated carbocycles. The summed E-state index contributed by atoms with van der Waals surface area (Å²) in [6, 6.07) is 0. The molecule has 0 aliphatic carbocycles. The van der Waals surface area contributed by atoms with Gasteiger partial charge in [0.2, 0.25) is 0 Å². The van der Waals surface area contributed by atoms with E-state index in [1.807, 2.05) is 13.8 Å².